The molecule has 1 aromatic heterocycles. The Labute approximate surface area is 190 Å². The Morgan fingerprint density at radius 2 is 1.78 bits per heavy atom. The van der Waals surface area contributed by atoms with Gasteiger partial charge in [0.2, 0.25) is 5.91 Å². The smallest absolute Gasteiger partial charge is 0.227 e. The van der Waals surface area contributed by atoms with Gasteiger partial charge in [0.25, 0.3) is 0 Å². The van der Waals surface area contributed by atoms with Crippen molar-refractivity contribution < 1.29 is 13.9 Å². The predicted molar refractivity (Wildman–Crippen MR) is 123 cm³/mol. The van der Waals surface area contributed by atoms with E-state index < -0.39 is 5.82 Å². The number of halogens is 2. The van der Waals surface area contributed by atoms with E-state index >= 15 is 0 Å². The van der Waals surface area contributed by atoms with E-state index in [9.17, 15) is 9.18 Å². The molecule has 5 rings (SSSR count). The largest absolute Gasteiger partial charge is 0.490 e. The summed E-state index contributed by atoms with van der Waals surface area (Å²) in [5.41, 5.74) is 2.14. The molecular formula is C25H21ClFN3O2. The number of anilines is 1. The second-order valence-electron chi connectivity index (χ2n) is 7.75. The van der Waals surface area contributed by atoms with Gasteiger partial charge in [-0.05, 0) is 36.4 Å². The monoisotopic (exact) mass is 449 g/mol. The van der Waals surface area contributed by atoms with Crippen molar-refractivity contribution in [3.8, 4) is 5.75 Å². The number of imidazole rings is 1. The van der Waals surface area contributed by atoms with Gasteiger partial charge in [0, 0.05) is 18.9 Å². The summed E-state index contributed by atoms with van der Waals surface area (Å²) < 4.78 is 22.3. The van der Waals surface area contributed by atoms with E-state index in [-0.39, 0.29) is 18.2 Å². The van der Waals surface area contributed by atoms with Crippen LogP contribution in [0.25, 0.3) is 11.0 Å². The van der Waals surface area contributed by atoms with Crippen molar-refractivity contribution in [1.29, 1.82) is 0 Å². The Kier molecular flexibility index (Phi) is 5.53. The zero-order valence-corrected chi connectivity index (χ0v) is 18.0. The molecule has 1 fully saturated rings. The van der Waals surface area contributed by atoms with Gasteiger partial charge in [0.15, 0.2) is 0 Å². The number of fused-ring (bicyclic) bond motifs is 1. The number of nitrogens with zero attached hydrogens (tertiary/aromatic N) is 3. The Balaban J connectivity index is 1.42. The van der Waals surface area contributed by atoms with E-state index in [2.05, 4.69) is 4.57 Å². The van der Waals surface area contributed by atoms with Crippen LogP contribution < -0.4 is 9.64 Å². The molecule has 1 atom stereocenters. The number of para-hydroxylation sites is 4. The lowest BCUT2D eigenvalue weighted by atomic mass is 10.1. The summed E-state index contributed by atoms with van der Waals surface area (Å²) in [5.74, 6) is 0.784. The average molecular weight is 450 g/mol. The number of amides is 1. The van der Waals surface area contributed by atoms with Crippen LogP contribution >= 0.6 is 11.6 Å². The van der Waals surface area contributed by atoms with Gasteiger partial charge in [-0.1, -0.05) is 48.0 Å². The second-order valence-corrected chi connectivity index (χ2v) is 8.15. The van der Waals surface area contributed by atoms with E-state index in [4.69, 9.17) is 21.3 Å². The lowest BCUT2D eigenvalue weighted by Crippen LogP contribution is -2.25. The van der Waals surface area contributed by atoms with E-state index in [0.29, 0.717) is 36.2 Å². The van der Waals surface area contributed by atoms with Crippen LogP contribution in [0.2, 0.25) is 5.02 Å². The average Bonchev–Trinajstić information content (AvgIpc) is 3.36. The molecule has 0 spiro atoms. The number of rotatable bonds is 6. The molecule has 7 heteroatoms. The van der Waals surface area contributed by atoms with Crippen LogP contribution in [0.5, 0.6) is 5.75 Å². The molecule has 0 bridgehead atoms. The topological polar surface area (TPSA) is 47.4 Å². The molecule has 1 aliphatic rings. The maximum Gasteiger partial charge on any atom is 0.227 e. The first-order chi connectivity index (χ1) is 15.6. The van der Waals surface area contributed by atoms with Crippen molar-refractivity contribution >= 4 is 34.2 Å². The summed E-state index contributed by atoms with van der Waals surface area (Å²) >= 11 is 6.20. The first-order valence-corrected chi connectivity index (χ1v) is 10.9. The highest BCUT2D eigenvalue weighted by Crippen LogP contribution is 2.34. The van der Waals surface area contributed by atoms with E-state index in [1.165, 1.54) is 11.0 Å². The lowest BCUT2D eigenvalue weighted by Gasteiger charge is -2.18. The second kappa shape index (κ2) is 8.63. The molecule has 1 saturated heterocycles. The standard InChI is InChI=1S/C25H21ClFN3O2/c26-18-7-1-6-12-23(18)32-14-13-29-22-11-5-3-9-20(22)28-25(29)17-15-24(31)30(16-17)21-10-4-2-8-19(21)27/h1-12,17H,13-16H2/t17-/m1/s1. The van der Waals surface area contributed by atoms with Crippen LogP contribution in [0.1, 0.15) is 18.2 Å². The fourth-order valence-electron chi connectivity index (χ4n) is 4.23. The molecule has 162 valence electrons. The Morgan fingerprint density at radius 1 is 1.03 bits per heavy atom. The number of benzene rings is 3. The Morgan fingerprint density at radius 3 is 2.62 bits per heavy atom. The lowest BCUT2D eigenvalue weighted by molar-refractivity contribution is -0.117. The summed E-state index contributed by atoms with van der Waals surface area (Å²) in [7, 11) is 0. The fraction of sp³-hybridized carbons (Fsp3) is 0.200. The first kappa shape index (κ1) is 20.5. The van der Waals surface area contributed by atoms with E-state index in [0.717, 1.165) is 16.9 Å². The van der Waals surface area contributed by atoms with Crippen molar-refractivity contribution in [3.63, 3.8) is 0 Å². The molecule has 0 N–H and O–H groups in total. The minimum Gasteiger partial charge on any atom is -0.490 e. The van der Waals surface area contributed by atoms with Crippen LogP contribution in [-0.4, -0.2) is 28.6 Å². The summed E-state index contributed by atoms with van der Waals surface area (Å²) in [6.07, 6.45) is 0.281. The number of aromatic nitrogens is 2. The van der Waals surface area contributed by atoms with Crippen LogP contribution in [0, 0.1) is 5.82 Å². The quantitative estimate of drug-likeness (QED) is 0.394. The number of carbonyl (C=O) groups excluding carboxylic acids is 1. The molecule has 3 aromatic carbocycles. The molecule has 32 heavy (non-hydrogen) atoms. The third kappa shape index (κ3) is 3.82. The number of ether oxygens (including phenoxy) is 1. The van der Waals surface area contributed by atoms with Gasteiger partial charge in [-0.2, -0.15) is 0 Å². The Hall–Kier alpha value is -3.38. The molecule has 1 amide bonds. The molecule has 5 nitrogen and oxygen atoms in total. The van der Waals surface area contributed by atoms with Gasteiger partial charge in [0.1, 0.15) is 24.0 Å². The van der Waals surface area contributed by atoms with Gasteiger partial charge < -0.3 is 14.2 Å². The normalized spacial score (nSPS) is 16.1. The molecule has 4 aromatic rings. The third-order valence-corrected chi connectivity index (χ3v) is 6.04. The van der Waals surface area contributed by atoms with Crippen LogP contribution in [0.15, 0.2) is 72.8 Å². The van der Waals surface area contributed by atoms with Crippen molar-refractivity contribution in [2.75, 3.05) is 18.1 Å². The SMILES string of the molecule is O=C1C[C@@H](c2nc3ccccc3n2CCOc2ccccc2Cl)CN1c1ccccc1F. The molecule has 0 radical (unpaired) electrons. The highest BCUT2D eigenvalue weighted by molar-refractivity contribution is 6.32. The summed E-state index contributed by atoms with van der Waals surface area (Å²) in [6, 6.07) is 21.6. The van der Waals surface area contributed by atoms with Gasteiger partial charge in [0.05, 0.1) is 28.3 Å². The Bertz CT molecular complexity index is 1290. The molecule has 1 aliphatic heterocycles. The van der Waals surface area contributed by atoms with Gasteiger partial charge in [-0.3, -0.25) is 4.79 Å². The van der Waals surface area contributed by atoms with Crippen molar-refractivity contribution in [3.05, 3.63) is 89.5 Å². The zero-order valence-electron chi connectivity index (χ0n) is 17.2. The maximum atomic E-state index is 14.3. The minimum absolute atomic E-state index is 0.106. The summed E-state index contributed by atoms with van der Waals surface area (Å²) in [4.78, 5) is 19.1. The predicted octanol–water partition coefficient (Wildman–Crippen LogP) is 5.43. The maximum absolute atomic E-state index is 14.3. The highest BCUT2D eigenvalue weighted by atomic mass is 35.5. The summed E-state index contributed by atoms with van der Waals surface area (Å²) in [5, 5.41) is 0.560. The van der Waals surface area contributed by atoms with Crippen molar-refractivity contribution in [2.45, 2.75) is 18.9 Å². The zero-order chi connectivity index (χ0) is 22.1. The highest BCUT2D eigenvalue weighted by Gasteiger charge is 2.35. The molecule has 0 unspecified atom stereocenters. The molecular weight excluding hydrogens is 429 g/mol. The van der Waals surface area contributed by atoms with Crippen molar-refractivity contribution in [1.82, 2.24) is 9.55 Å². The fourth-order valence-corrected chi connectivity index (χ4v) is 4.42. The third-order valence-electron chi connectivity index (χ3n) is 5.73. The molecule has 0 aliphatic carbocycles. The minimum atomic E-state index is -0.400. The van der Waals surface area contributed by atoms with E-state index in [1.807, 2.05) is 42.5 Å². The number of hydrogen-bond donors (Lipinski definition) is 0. The number of carbonyl (C=O) groups is 1. The van der Waals surface area contributed by atoms with Gasteiger partial charge in [-0.25, -0.2) is 9.37 Å². The molecule has 0 saturated carbocycles. The van der Waals surface area contributed by atoms with Crippen LogP contribution in [-0.2, 0) is 11.3 Å². The molecule has 2 heterocycles. The number of hydrogen-bond acceptors (Lipinski definition) is 3. The van der Waals surface area contributed by atoms with E-state index in [1.54, 1.807) is 24.3 Å². The summed E-state index contributed by atoms with van der Waals surface area (Å²) in [6.45, 7) is 1.33. The van der Waals surface area contributed by atoms with Crippen LogP contribution in [0.3, 0.4) is 0 Å². The first-order valence-electron chi connectivity index (χ1n) is 10.5. The van der Waals surface area contributed by atoms with Gasteiger partial charge in [-0.15, -0.1) is 0 Å². The van der Waals surface area contributed by atoms with Crippen LogP contribution in [0.4, 0.5) is 10.1 Å². The van der Waals surface area contributed by atoms with Crippen molar-refractivity contribution in [2.24, 2.45) is 0 Å². The van der Waals surface area contributed by atoms with Gasteiger partial charge >= 0.3 is 0 Å².